The number of aliphatic hydroxyl groups is 1. The summed E-state index contributed by atoms with van der Waals surface area (Å²) in [5, 5.41) is 15.7. The number of rotatable bonds is 5. The highest BCUT2D eigenvalue weighted by molar-refractivity contribution is 6.31. The van der Waals surface area contributed by atoms with E-state index in [-0.39, 0.29) is 5.91 Å². The number of carbonyl (C=O) groups is 1. The number of halogens is 2. The number of hydrogen-bond donors (Lipinski definition) is 2. The van der Waals surface area contributed by atoms with Gasteiger partial charge in [-0.1, -0.05) is 68.3 Å². The molecule has 3 rings (SSSR count). The van der Waals surface area contributed by atoms with E-state index in [1.54, 1.807) is 18.2 Å². The van der Waals surface area contributed by atoms with E-state index in [0.29, 0.717) is 29.1 Å². The van der Waals surface area contributed by atoms with Crippen LogP contribution in [0.2, 0.25) is 10.0 Å². The summed E-state index contributed by atoms with van der Waals surface area (Å²) in [6.07, 6.45) is 5.34. The lowest BCUT2D eigenvalue weighted by molar-refractivity contribution is -0.123. The third-order valence-corrected chi connectivity index (χ3v) is 6.13. The van der Waals surface area contributed by atoms with Crippen molar-refractivity contribution in [2.75, 3.05) is 25.0 Å². The molecule has 166 valence electrons. The van der Waals surface area contributed by atoms with Gasteiger partial charge in [-0.25, -0.2) is 0 Å². The molecular formula is C25H30Cl2N2O2. The van der Waals surface area contributed by atoms with Gasteiger partial charge in [0.25, 0.3) is 0 Å². The number of nitrogens with one attached hydrogen (secondary N) is 1. The zero-order valence-electron chi connectivity index (χ0n) is 18.3. The number of nitrogens with zero attached hydrogens (tertiary/aromatic N) is 1. The molecule has 6 heteroatoms. The molecule has 1 fully saturated rings. The Balaban J connectivity index is 1.66. The molecule has 2 aromatic carbocycles. The third kappa shape index (κ3) is 6.33. The SMILES string of the molecule is CC(C)(C)C(=O)Nc1ccc(Cl)cc1C1(O)CCN(CC=Cc2ccc(Cl)cc2)CC1. The van der Waals surface area contributed by atoms with E-state index in [1.807, 2.05) is 45.0 Å². The van der Waals surface area contributed by atoms with Crippen LogP contribution in [0.3, 0.4) is 0 Å². The second-order valence-corrected chi connectivity index (χ2v) is 10.1. The average Bonchev–Trinajstić information content (AvgIpc) is 2.71. The smallest absolute Gasteiger partial charge is 0.229 e. The van der Waals surface area contributed by atoms with Gasteiger partial charge in [0.15, 0.2) is 0 Å². The summed E-state index contributed by atoms with van der Waals surface area (Å²) in [4.78, 5) is 14.8. The van der Waals surface area contributed by atoms with Gasteiger partial charge < -0.3 is 10.4 Å². The Hall–Kier alpha value is -1.85. The van der Waals surface area contributed by atoms with Crippen LogP contribution in [0.1, 0.15) is 44.7 Å². The van der Waals surface area contributed by atoms with Crippen LogP contribution in [0.4, 0.5) is 5.69 Å². The van der Waals surface area contributed by atoms with E-state index < -0.39 is 11.0 Å². The summed E-state index contributed by atoms with van der Waals surface area (Å²) in [6, 6.07) is 13.0. The van der Waals surface area contributed by atoms with Crippen LogP contribution in [-0.4, -0.2) is 35.5 Å². The fourth-order valence-electron chi connectivity index (χ4n) is 3.61. The van der Waals surface area contributed by atoms with Gasteiger partial charge in [-0.3, -0.25) is 9.69 Å². The molecule has 1 aliphatic heterocycles. The molecule has 31 heavy (non-hydrogen) atoms. The lowest BCUT2D eigenvalue weighted by Crippen LogP contribution is -2.43. The number of piperidine rings is 1. The molecule has 2 N–H and O–H groups in total. The van der Waals surface area contributed by atoms with Crippen molar-refractivity contribution >= 4 is 40.9 Å². The van der Waals surface area contributed by atoms with E-state index >= 15 is 0 Å². The highest BCUT2D eigenvalue weighted by atomic mass is 35.5. The fourth-order valence-corrected chi connectivity index (χ4v) is 3.91. The summed E-state index contributed by atoms with van der Waals surface area (Å²) in [6.45, 7) is 7.90. The van der Waals surface area contributed by atoms with Crippen LogP contribution >= 0.6 is 23.2 Å². The van der Waals surface area contributed by atoms with Gasteiger partial charge in [0.1, 0.15) is 0 Å². The van der Waals surface area contributed by atoms with E-state index in [4.69, 9.17) is 23.2 Å². The summed E-state index contributed by atoms with van der Waals surface area (Å²) in [5.41, 5.74) is 0.870. The predicted molar refractivity (Wildman–Crippen MR) is 130 cm³/mol. The first-order valence-electron chi connectivity index (χ1n) is 10.6. The molecule has 0 saturated carbocycles. The van der Waals surface area contributed by atoms with Gasteiger partial charge in [-0.05, 0) is 48.7 Å². The maximum atomic E-state index is 12.5. The monoisotopic (exact) mass is 460 g/mol. The van der Waals surface area contributed by atoms with Crippen LogP contribution in [0, 0.1) is 5.41 Å². The molecule has 0 radical (unpaired) electrons. The van der Waals surface area contributed by atoms with E-state index in [2.05, 4.69) is 22.4 Å². The molecule has 1 saturated heterocycles. The second kappa shape index (κ2) is 9.74. The molecule has 1 heterocycles. The second-order valence-electron chi connectivity index (χ2n) is 9.18. The molecule has 0 aromatic heterocycles. The molecule has 1 aliphatic rings. The molecule has 0 unspecified atom stereocenters. The van der Waals surface area contributed by atoms with Crippen molar-refractivity contribution in [1.82, 2.24) is 4.90 Å². The third-order valence-electron chi connectivity index (χ3n) is 5.64. The van der Waals surface area contributed by atoms with Crippen LogP contribution in [0.15, 0.2) is 48.5 Å². The van der Waals surface area contributed by atoms with Crippen molar-refractivity contribution in [3.63, 3.8) is 0 Å². The quantitative estimate of drug-likeness (QED) is 0.577. The van der Waals surface area contributed by atoms with Gasteiger partial charge in [-0.15, -0.1) is 0 Å². The number of carbonyl (C=O) groups excluding carboxylic acids is 1. The zero-order valence-corrected chi connectivity index (χ0v) is 19.8. The van der Waals surface area contributed by atoms with Gasteiger partial charge in [0, 0.05) is 46.3 Å². The summed E-state index contributed by atoms with van der Waals surface area (Å²) in [5.74, 6) is -0.0931. The van der Waals surface area contributed by atoms with Crippen LogP contribution in [0.5, 0.6) is 0 Å². The Bertz CT molecular complexity index is 941. The van der Waals surface area contributed by atoms with Crippen molar-refractivity contribution in [3.05, 3.63) is 69.7 Å². The normalized spacial score (nSPS) is 17.1. The van der Waals surface area contributed by atoms with Gasteiger partial charge in [0.2, 0.25) is 5.91 Å². The van der Waals surface area contributed by atoms with Crippen LogP contribution < -0.4 is 5.32 Å². The van der Waals surface area contributed by atoms with Gasteiger partial charge in [0.05, 0.1) is 5.60 Å². The van der Waals surface area contributed by atoms with Gasteiger partial charge >= 0.3 is 0 Å². The average molecular weight is 461 g/mol. The lowest BCUT2D eigenvalue weighted by atomic mass is 9.83. The Morgan fingerprint density at radius 1 is 1.10 bits per heavy atom. The zero-order chi connectivity index (χ0) is 22.6. The highest BCUT2D eigenvalue weighted by Crippen LogP contribution is 2.39. The first-order chi connectivity index (χ1) is 14.6. The number of amides is 1. The maximum Gasteiger partial charge on any atom is 0.229 e. The maximum absolute atomic E-state index is 12.5. The number of benzene rings is 2. The first-order valence-corrected chi connectivity index (χ1v) is 11.3. The van der Waals surface area contributed by atoms with E-state index in [1.165, 1.54) is 0 Å². The molecule has 1 amide bonds. The Kier molecular flexibility index (Phi) is 7.48. The molecule has 0 aliphatic carbocycles. The number of likely N-dealkylation sites (tertiary alicyclic amines) is 1. The minimum Gasteiger partial charge on any atom is -0.385 e. The van der Waals surface area contributed by atoms with Crippen molar-refractivity contribution in [1.29, 1.82) is 0 Å². The molecule has 0 bridgehead atoms. The number of anilines is 1. The van der Waals surface area contributed by atoms with Crippen molar-refractivity contribution in [3.8, 4) is 0 Å². The molecule has 4 nitrogen and oxygen atoms in total. The van der Waals surface area contributed by atoms with E-state index in [0.717, 1.165) is 30.2 Å². The summed E-state index contributed by atoms with van der Waals surface area (Å²) >= 11 is 12.2. The minimum atomic E-state index is -1.03. The molecular weight excluding hydrogens is 431 g/mol. The first kappa shape index (κ1) is 23.8. The topological polar surface area (TPSA) is 52.6 Å². The van der Waals surface area contributed by atoms with Crippen LogP contribution in [-0.2, 0) is 10.4 Å². The minimum absolute atomic E-state index is 0.0931. The van der Waals surface area contributed by atoms with E-state index in [9.17, 15) is 9.90 Å². The van der Waals surface area contributed by atoms with Crippen molar-refractivity contribution in [2.45, 2.75) is 39.2 Å². The summed E-state index contributed by atoms with van der Waals surface area (Å²) in [7, 11) is 0. The Morgan fingerprint density at radius 3 is 2.32 bits per heavy atom. The van der Waals surface area contributed by atoms with Crippen molar-refractivity contribution < 1.29 is 9.90 Å². The molecule has 0 atom stereocenters. The molecule has 2 aromatic rings. The predicted octanol–water partition coefficient (Wildman–Crippen LogP) is 5.97. The number of hydrogen-bond acceptors (Lipinski definition) is 3. The van der Waals surface area contributed by atoms with Crippen molar-refractivity contribution in [2.24, 2.45) is 5.41 Å². The standard InChI is InChI=1S/C25H30Cl2N2O2/c1-24(2,3)23(30)28-22-11-10-20(27)17-21(22)25(31)12-15-29(16-13-25)14-4-5-18-6-8-19(26)9-7-18/h4-11,17,31H,12-16H2,1-3H3,(H,28,30). The Labute approximate surface area is 194 Å². The Morgan fingerprint density at radius 2 is 1.71 bits per heavy atom. The summed E-state index contributed by atoms with van der Waals surface area (Å²) < 4.78 is 0. The highest BCUT2D eigenvalue weighted by Gasteiger charge is 2.36. The molecule has 0 spiro atoms. The fraction of sp³-hybridized carbons (Fsp3) is 0.400. The van der Waals surface area contributed by atoms with Gasteiger partial charge in [-0.2, -0.15) is 0 Å². The lowest BCUT2D eigenvalue weighted by Gasteiger charge is -2.39. The van der Waals surface area contributed by atoms with Crippen LogP contribution in [0.25, 0.3) is 6.08 Å². The largest absolute Gasteiger partial charge is 0.385 e.